The number of aliphatic hydroxyl groups excluding tert-OH is 1. The number of unbranched alkanes of at least 4 members (excludes halogenated alkanes) is 1. The van der Waals surface area contributed by atoms with E-state index >= 15 is 0 Å². The summed E-state index contributed by atoms with van der Waals surface area (Å²) in [5.41, 5.74) is -0.609. The van der Waals surface area contributed by atoms with Crippen LogP contribution < -0.4 is 14.4 Å². The number of para-hydroxylation sites is 1. The summed E-state index contributed by atoms with van der Waals surface area (Å²) < 4.78 is 16.4. The summed E-state index contributed by atoms with van der Waals surface area (Å²) in [6.45, 7) is 3.67. The van der Waals surface area contributed by atoms with Gasteiger partial charge in [-0.05, 0) is 37.1 Å². The van der Waals surface area contributed by atoms with Gasteiger partial charge >= 0.3 is 0 Å². The maximum absolute atomic E-state index is 14.4. The number of aliphatic hydroxyl groups is 1. The number of methoxy groups -OCH3 is 1. The van der Waals surface area contributed by atoms with E-state index < -0.39 is 28.9 Å². The molecule has 0 unspecified atom stereocenters. The molecule has 194 valence electrons. The van der Waals surface area contributed by atoms with Gasteiger partial charge in [0.15, 0.2) is 17.0 Å². The van der Waals surface area contributed by atoms with Crippen molar-refractivity contribution in [3.63, 3.8) is 0 Å². The van der Waals surface area contributed by atoms with E-state index in [4.69, 9.17) is 14.2 Å². The first-order chi connectivity index (χ1) is 18.0. The standard InChI is InChI=1S/C28H30N2O7/c1-3-4-12-29-20-9-6-5-8-19(20)28(27(29)34)23(25(32)26(33)30(28)13-7-14-35-2)24(31)18-10-11-21-22(17-18)37-16-15-36-21/h5-6,8-11,17,31H,3-4,7,12-16H2,1-2H3/b24-23-/t28-/m1/s1. The monoisotopic (exact) mass is 506 g/mol. The zero-order valence-corrected chi connectivity index (χ0v) is 21.0. The number of carbonyl (C=O) groups excluding carboxylic acids is 3. The summed E-state index contributed by atoms with van der Waals surface area (Å²) >= 11 is 0. The van der Waals surface area contributed by atoms with Gasteiger partial charge in [0.1, 0.15) is 19.0 Å². The zero-order valence-electron chi connectivity index (χ0n) is 21.0. The normalized spacial score (nSPS) is 21.7. The largest absolute Gasteiger partial charge is 0.507 e. The summed E-state index contributed by atoms with van der Waals surface area (Å²) in [4.78, 5) is 44.4. The molecule has 9 heteroatoms. The lowest BCUT2D eigenvalue weighted by Gasteiger charge is -2.34. The van der Waals surface area contributed by atoms with Gasteiger partial charge in [-0.3, -0.25) is 14.4 Å². The highest BCUT2D eigenvalue weighted by atomic mass is 16.6. The topological polar surface area (TPSA) is 106 Å². The SMILES string of the molecule is CCCCN1C(=O)[C@]2(/C(=C(\O)c3ccc4c(c3)OCCO4)C(=O)C(=O)N2CCCOC)c2ccccc21. The second-order valence-electron chi connectivity index (χ2n) is 9.25. The predicted octanol–water partition coefficient (Wildman–Crippen LogP) is 3.22. The Bertz CT molecular complexity index is 1290. The van der Waals surface area contributed by atoms with Gasteiger partial charge in [0.25, 0.3) is 17.6 Å². The lowest BCUT2D eigenvalue weighted by atomic mass is 9.81. The van der Waals surface area contributed by atoms with Crippen LogP contribution in [0.2, 0.25) is 0 Å². The van der Waals surface area contributed by atoms with Crippen molar-refractivity contribution >= 4 is 29.0 Å². The van der Waals surface area contributed by atoms with Crippen LogP contribution in [0.15, 0.2) is 48.0 Å². The molecule has 2 aromatic carbocycles. The van der Waals surface area contributed by atoms with Gasteiger partial charge in [-0.15, -0.1) is 0 Å². The van der Waals surface area contributed by atoms with Gasteiger partial charge < -0.3 is 29.1 Å². The van der Waals surface area contributed by atoms with Crippen LogP contribution in [-0.4, -0.2) is 67.6 Å². The second kappa shape index (κ2) is 9.89. The highest BCUT2D eigenvalue weighted by Gasteiger charge is 2.66. The third-order valence-corrected chi connectivity index (χ3v) is 7.09. The van der Waals surface area contributed by atoms with Crippen molar-refractivity contribution in [2.75, 3.05) is 44.9 Å². The Balaban J connectivity index is 1.74. The van der Waals surface area contributed by atoms with Crippen LogP contribution in [0.3, 0.4) is 0 Å². The summed E-state index contributed by atoms with van der Waals surface area (Å²) in [7, 11) is 1.55. The van der Waals surface area contributed by atoms with E-state index in [0.717, 1.165) is 12.8 Å². The molecule has 0 bridgehead atoms. The van der Waals surface area contributed by atoms with Crippen LogP contribution in [0.25, 0.3) is 5.76 Å². The van der Waals surface area contributed by atoms with E-state index in [1.54, 1.807) is 42.3 Å². The highest BCUT2D eigenvalue weighted by molar-refractivity contribution is 6.50. The zero-order chi connectivity index (χ0) is 26.2. The van der Waals surface area contributed by atoms with E-state index in [-0.39, 0.29) is 17.7 Å². The lowest BCUT2D eigenvalue weighted by molar-refractivity contribution is -0.143. The molecule has 37 heavy (non-hydrogen) atoms. The molecule has 2 amide bonds. The average molecular weight is 507 g/mol. The Kier molecular flexibility index (Phi) is 6.64. The van der Waals surface area contributed by atoms with E-state index in [2.05, 4.69) is 0 Å². The molecule has 3 heterocycles. The number of likely N-dealkylation sites (tertiary alicyclic amines) is 1. The van der Waals surface area contributed by atoms with Crippen LogP contribution in [0.5, 0.6) is 11.5 Å². The van der Waals surface area contributed by atoms with Crippen LogP contribution in [-0.2, 0) is 24.7 Å². The highest BCUT2D eigenvalue weighted by Crippen LogP contribution is 2.54. The molecule has 9 nitrogen and oxygen atoms in total. The third-order valence-electron chi connectivity index (χ3n) is 7.09. The van der Waals surface area contributed by atoms with Crippen LogP contribution in [0.1, 0.15) is 37.3 Å². The molecule has 0 radical (unpaired) electrons. The van der Waals surface area contributed by atoms with Crippen molar-refractivity contribution in [3.8, 4) is 11.5 Å². The number of benzene rings is 2. The molecule has 1 atom stereocenters. The van der Waals surface area contributed by atoms with Crippen molar-refractivity contribution < 1.29 is 33.7 Å². The van der Waals surface area contributed by atoms with Gasteiger partial charge in [0, 0.05) is 37.9 Å². The van der Waals surface area contributed by atoms with Gasteiger partial charge in [-0.2, -0.15) is 0 Å². The maximum Gasteiger partial charge on any atom is 0.296 e. The first kappa shape index (κ1) is 24.8. The Morgan fingerprint density at radius 1 is 1.03 bits per heavy atom. The minimum atomic E-state index is -1.77. The average Bonchev–Trinajstić information content (AvgIpc) is 3.30. The molecule has 1 N–H and O–H groups in total. The molecule has 0 saturated carbocycles. The Labute approximate surface area is 215 Å². The first-order valence-electron chi connectivity index (χ1n) is 12.6. The number of carbonyl (C=O) groups is 3. The molecule has 3 aliphatic rings. The molecule has 3 aliphatic heterocycles. The van der Waals surface area contributed by atoms with Crippen molar-refractivity contribution in [1.82, 2.24) is 4.90 Å². The van der Waals surface area contributed by atoms with Gasteiger partial charge in [-0.1, -0.05) is 31.5 Å². The summed E-state index contributed by atoms with van der Waals surface area (Å²) in [6, 6.07) is 12.0. The number of Topliss-reactive ketones (excluding diaryl/α,β-unsaturated/α-hetero) is 1. The molecule has 1 spiro atoms. The summed E-state index contributed by atoms with van der Waals surface area (Å²) in [5.74, 6) is -1.63. The van der Waals surface area contributed by atoms with Crippen LogP contribution in [0, 0.1) is 0 Å². The molecular weight excluding hydrogens is 476 g/mol. The molecule has 0 aromatic heterocycles. The van der Waals surface area contributed by atoms with Gasteiger partial charge in [0.2, 0.25) is 0 Å². The number of ketones is 1. The Morgan fingerprint density at radius 2 is 1.78 bits per heavy atom. The van der Waals surface area contributed by atoms with E-state index in [1.165, 1.54) is 4.90 Å². The third kappa shape index (κ3) is 3.76. The smallest absolute Gasteiger partial charge is 0.296 e. The lowest BCUT2D eigenvalue weighted by Crippen LogP contribution is -2.52. The molecule has 1 saturated heterocycles. The number of hydrogen-bond donors (Lipinski definition) is 1. The number of rotatable bonds is 8. The van der Waals surface area contributed by atoms with E-state index in [1.807, 2.05) is 19.1 Å². The second-order valence-corrected chi connectivity index (χ2v) is 9.25. The number of amides is 2. The van der Waals surface area contributed by atoms with E-state index in [0.29, 0.717) is 55.5 Å². The Morgan fingerprint density at radius 3 is 2.54 bits per heavy atom. The number of fused-ring (bicyclic) bond motifs is 3. The van der Waals surface area contributed by atoms with Crippen molar-refractivity contribution in [2.24, 2.45) is 0 Å². The number of ether oxygens (including phenoxy) is 3. The van der Waals surface area contributed by atoms with Gasteiger partial charge in [0.05, 0.1) is 11.3 Å². The minimum Gasteiger partial charge on any atom is -0.507 e. The quantitative estimate of drug-likeness (QED) is 0.254. The first-order valence-corrected chi connectivity index (χ1v) is 12.6. The van der Waals surface area contributed by atoms with Crippen molar-refractivity contribution in [2.45, 2.75) is 31.7 Å². The maximum atomic E-state index is 14.4. The van der Waals surface area contributed by atoms with E-state index in [9.17, 15) is 19.5 Å². The number of hydrogen-bond acceptors (Lipinski definition) is 7. The molecular formula is C28H30N2O7. The summed E-state index contributed by atoms with van der Waals surface area (Å²) in [5, 5.41) is 11.6. The summed E-state index contributed by atoms with van der Waals surface area (Å²) in [6.07, 6.45) is 2.02. The minimum absolute atomic E-state index is 0.109. The fourth-order valence-electron chi connectivity index (χ4n) is 5.41. The molecule has 1 fully saturated rings. The Hall–Kier alpha value is -3.85. The number of anilines is 1. The molecule has 2 aromatic rings. The fraction of sp³-hybridized carbons (Fsp3) is 0.393. The molecule has 0 aliphatic carbocycles. The fourth-order valence-corrected chi connectivity index (χ4v) is 5.41. The number of nitrogens with zero attached hydrogens (tertiary/aromatic N) is 2. The predicted molar refractivity (Wildman–Crippen MR) is 136 cm³/mol. The van der Waals surface area contributed by atoms with Crippen molar-refractivity contribution in [3.05, 3.63) is 59.2 Å². The van der Waals surface area contributed by atoms with Crippen molar-refractivity contribution in [1.29, 1.82) is 0 Å². The van der Waals surface area contributed by atoms with Crippen LogP contribution >= 0.6 is 0 Å². The molecule has 5 rings (SSSR count). The van der Waals surface area contributed by atoms with Gasteiger partial charge in [-0.25, -0.2) is 0 Å². The van der Waals surface area contributed by atoms with Crippen LogP contribution in [0.4, 0.5) is 5.69 Å².